The van der Waals surface area contributed by atoms with Crippen LogP contribution >= 0.6 is 11.8 Å². The smallest absolute Gasteiger partial charge is 0.338 e. The zero-order valence-corrected chi connectivity index (χ0v) is 21.3. The van der Waals surface area contributed by atoms with Crippen LogP contribution in [0.3, 0.4) is 0 Å². The van der Waals surface area contributed by atoms with Gasteiger partial charge in [0.15, 0.2) is 5.16 Å². The van der Waals surface area contributed by atoms with Crippen LogP contribution in [0.25, 0.3) is 10.8 Å². The number of hydrogen-bond acceptors (Lipinski definition) is 7. The molecular formula is C29H27N5O2S. The van der Waals surface area contributed by atoms with Crippen LogP contribution < -0.4 is 5.32 Å². The quantitative estimate of drug-likeness (QED) is 0.194. The first-order chi connectivity index (χ1) is 18.2. The standard InChI is InChI=1S/C29H27N5O2S/c1-36-27(35)26-13-5-3-9-23(26)20-37-29-33-24(14-17-32-28-30-15-7-16-31-28)19-34(29)18-22-11-6-10-21-8-2-4-12-25(21)22/h2-13,15-16,19H,14,17-18,20H2,1H3,(H,30,31,32). The third-order valence-corrected chi connectivity index (χ3v) is 7.06. The Labute approximate surface area is 220 Å². The summed E-state index contributed by atoms with van der Waals surface area (Å²) in [5, 5.41) is 6.60. The molecule has 3 aromatic carbocycles. The molecule has 7 nitrogen and oxygen atoms in total. The monoisotopic (exact) mass is 509 g/mol. The highest BCUT2D eigenvalue weighted by molar-refractivity contribution is 7.98. The summed E-state index contributed by atoms with van der Waals surface area (Å²) in [6, 6.07) is 24.2. The molecule has 186 valence electrons. The van der Waals surface area contributed by atoms with Gasteiger partial charge in [-0.3, -0.25) is 0 Å². The van der Waals surface area contributed by atoms with Crippen LogP contribution in [0, 0.1) is 0 Å². The van der Waals surface area contributed by atoms with Crippen molar-refractivity contribution >= 4 is 34.5 Å². The highest BCUT2D eigenvalue weighted by Gasteiger charge is 2.15. The Morgan fingerprint density at radius 3 is 2.57 bits per heavy atom. The van der Waals surface area contributed by atoms with Gasteiger partial charge in [0, 0.05) is 37.3 Å². The second-order valence-electron chi connectivity index (χ2n) is 8.47. The van der Waals surface area contributed by atoms with Gasteiger partial charge >= 0.3 is 5.97 Å². The molecule has 2 aromatic heterocycles. The maximum absolute atomic E-state index is 12.2. The Kier molecular flexibility index (Phi) is 7.76. The summed E-state index contributed by atoms with van der Waals surface area (Å²) in [7, 11) is 1.41. The number of anilines is 1. The van der Waals surface area contributed by atoms with Gasteiger partial charge in [0.2, 0.25) is 5.95 Å². The first-order valence-corrected chi connectivity index (χ1v) is 13.0. The van der Waals surface area contributed by atoms with E-state index in [9.17, 15) is 4.79 Å². The van der Waals surface area contributed by atoms with Crippen LogP contribution in [0.4, 0.5) is 5.95 Å². The van der Waals surface area contributed by atoms with Gasteiger partial charge in [0.25, 0.3) is 0 Å². The minimum atomic E-state index is -0.329. The van der Waals surface area contributed by atoms with Crippen LogP contribution in [0.1, 0.15) is 27.2 Å². The summed E-state index contributed by atoms with van der Waals surface area (Å²) in [5.74, 6) is 0.879. The van der Waals surface area contributed by atoms with Gasteiger partial charge in [-0.1, -0.05) is 72.4 Å². The molecule has 8 heteroatoms. The van der Waals surface area contributed by atoms with Gasteiger partial charge < -0.3 is 14.6 Å². The number of carbonyl (C=O) groups is 1. The van der Waals surface area contributed by atoms with E-state index in [-0.39, 0.29) is 5.97 Å². The fourth-order valence-corrected chi connectivity index (χ4v) is 5.21. The molecular weight excluding hydrogens is 482 g/mol. The maximum atomic E-state index is 12.2. The number of nitrogens with zero attached hydrogens (tertiary/aromatic N) is 4. The van der Waals surface area contributed by atoms with Gasteiger partial charge in [0.05, 0.1) is 24.9 Å². The first-order valence-electron chi connectivity index (χ1n) is 12.0. The molecule has 1 N–H and O–H groups in total. The molecule has 0 saturated heterocycles. The third-order valence-electron chi connectivity index (χ3n) is 6.02. The summed E-state index contributed by atoms with van der Waals surface area (Å²) in [4.78, 5) is 25.6. The molecule has 0 spiro atoms. The van der Waals surface area contributed by atoms with E-state index in [1.165, 1.54) is 23.4 Å². The van der Waals surface area contributed by atoms with Crippen LogP contribution in [0.5, 0.6) is 0 Å². The lowest BCUT2D eigenvalue weighted by atomic mass is 10.0. The molecule has 37 heavy (non-hydrogen) atoms. The van der Waals surface area contributed by atoms with E-state index < -0.39 is 0 Å². The van der Waals surface area contributed by atoms with Crippen LogP contribution in [0.2, 0.25) is 0 Å². The normalized spacial score (nSPS) is 10.9. The number of rotatable bonds is 10. The fourth-order valence-electron chi connectivity index (χ4n) is 4.20. The molecule has 0 amide bonds. The number of ether oxygens (including phenoxy) is 1. The van der Waals surface area contributed by atoms with Crippen molar-refractivity contribution in [3.63, 3.8) is 0 Å². The number of aromatic nitrogens is 4. The van der Waals surface area contributed by atoms with Gasteiger partial charge in [0.1, 0.15) is 0 Å². The van der Waals surface area contributed by atoms with Crippen molar-refractivity contribution in [3.05, 3.63) is 114 Å². The molecule has 0 aliphatic rings. The minimum Gasteiger partial charge on any atom is -0.465 e. The number of carbonyl (C=O) groups excluding carboxylic acids is 1. The van der Waals surface area contributed by atoms with E-state index >= 15 is 0 Å². The maximum Gasteiger partial charge on any atom is 0.338 e. The van der Waals surface area contributed by atoms with Crippen molar-refractivity contribution in [2.24, 2.45) is 0 Å². The lowest BCUT2D eigenvalue weighted by molar-refractivity contribution is 0.0600. The third kappa shape index (κ3) is 5.98. The molecule has 0 fully saturated rings. The van der Waals surface area contributed by atoms with E-state index in [0.29, 0.717) is 30.4 Å². The second-order valence-corrected chi connectivity index (χ2v) is 9.41. The molecule has 0 atom stereocenters. The van der Waals surface area contributed by atoms with Crippen LogP contribution in [-0.4, -0.2) is 39.1 Å². The van der Waals surface area contributed by atoms with E-state index in [2.05, 4.69) is 68.5 Å². The van der Waals surface area contributed by atoms with E-state index in [1.807, 2.05) is 18.2 Å². The zero-order valence-electron chi connectivity index (χ0n) is 20.5. The molecule has 0 aliphatic carbocycles. The number of methoxy groups -OCH3 is 1. The summed E-state index contributed by atoms with van der Waals surface area (Å²) in [6.07, 6.45) is 6.28. The molecule has 0 aliphatic heterocycles. The van der Waals surface area contributed by atoms with Crippen molar-refractivity contribution < 1.29 is 9.53 Å². The molecule has 0 unspecified atom stereocenters. The summed E-state index contributed by atoms with van der Waals surface area (Å²) in [6.45, 7) is 1.37. The Morgan fingerprint density at radius 2 is 1.70 bits per heavy atom. The van der Waals surface area contributed by atoms with Crippen molar-refractivity contribution in [2.45, 2.75) is 23.9 Å². The van der Waals surface area contributed by atoms with Gasteiger partial charge in [-0.05, 0) is 34.0 Å². The predicted octanol–water partition coefficient (Wildman–Crippen LogP) is 5.61. The van der Waals surface area contributed by atoms with E-state index in [4.69, 9.17) is 9.72 Å². The number of hydrogen-bond donors (Lipinski definition) is 1. The zero-order chi connectivity index (χ0) is 25.5. The highest BCUT2D eigenvalue weighted by Crippen LogP contribution is 2.27. The number of nitrogens with one attached hydrogen (secondary N) is 1. The average Bonchev–Trinajstić information content (AvgIpc) is 3.33. The fraction of sp³-hybridized carbons (Fsp3) is 0.172. The van der Waals surface area contributed by atoms with Crippen molar-refractivity contribution in [1.82, 2.24) is 19.5 Å². The lowest BCUT2D eigenvalue weighted by Gasteiger charge is -2.11. The Morgan fingerprint density at radius 1 is 0.946 bits per heavy atom. The summed E-state index contributed by atoms with van der Waals surface area (Å²) >= 11 is 1.62. The van der Waals surface area contributed by atoms with E-state index in [0.717, 1.165) is 22.8 Å². The largest absolute Gasteiger partial charge is 0.465 e. The number of benzene rings is 3. The molecule has 0 radical (unpaired) electrons. The molecule has 2 heterocycles. The van der Waals surface area contributed by atoms with Crippen LogP contribution in [0.15, 0.2) is 96.5 Å². The number of imidazole rings is 1. The summed E-state index contributed by atoms with van der Waals surface area (Å²) < 4.78 is 7.17. The number of esters is 1. The molecule has 0 bridgehead atoms. The topological polar surface area (TPSA) is 81.9 Å². The molecule has 5 rings (SSSR count). The minimum absolute atomic E-state index is 0.329. The Balaban J connectivity index is 1.39. The number of fused-ring (bicyclic) bond motifs is 1. The second kappa shape index (κ2) is 11.7. The van der Waals surface area contributed by atoms with Gasteiger partial charge in [-0.2, -0.15) is 0 Å². The van der Waals surface area contributed by atoms with Crippen molar-refractivity contribution in [1.29, 1.82) is 0 Å². The van der Waals surface area contributed by atoms with Gasteiger partial charge in [-0.15, -0.1) is 0 Å². The van der Waals surface area contributed by atoms with Gasteiger partial charge in [-0.25, -0.2) is 19.7 Å². The number of thioether (sulfide) groups is 1. The molecule has 5 aromatic rings. The van der Waals surface area contributed by atoms with Crippen LogP contribution in [-0.2, 0) is 23.5 Å². The Bertz CT molecular complexity index is 1500. The SMILES string of the molecule is COC(=O)c1ccccc1CSc1nc(CCNc2ncccn2)cn1Cc1cccc2ccccc12. The lowest BCUT2D eigenvalue weighted by Crippen LogP contribution is -2.07. The predicted molar refractivity (Wildman–Crippen MR) is 147 cm³/mol. The first kappa shape index (κ1) is 24.5. The highest BCUT2D eigenvalue weighted by atomic mass is 32.2. The van der Waals surface area contributed by atoms with Crippen molar-refractivity contribution in [2.75, 3.05) is 19.0 Å². The van der Waals surface area contributed by atoms with Crippen molar-refractivity contribution in [3.8, 4) is 0 Å². The van der Waals surface area contributed by atoms with E-state index in [1.54, 1.807) is 36.3 Å². The molecule has 0 saturated carbocycles. The average molecular weight is 510 g/mol. The summed E-state index contributed by atoms with van der Waals surface area (Å²) in [5.41, 5.74) is 3.71. The Hall–Kier alpha value is -4.17.